The quantitative estimate of drug-likeness (QED) is 0.847. The number of hydrogen-bond donors (Lipinski definition) is 0. The Morgan fingerprint density at radius 2 is 2.25 bits per heavy atom. The van der Waals surface area contributed by atoms with Crippen LogP contribution in [-0.4, -0.2) is 17.4 Å². The number of carbonyl (C=O) groups is 1. The predicted octanol–water partition coefficient (Wildman–Crippen LogP) is 3.66. The number of aromatic nitrogens is 1. The highest BCUT2D eigenvalue weighted by Gasteiger charge is 2.22. The van der Waals surface area contributed by atoms with E-state index in [4.69, 9.17) is 0 Å². The lowest BCUT2D eigenvalue weighted by molar-refractivity contribution is -0.116. The van der Waals surface area contributed by atoms with Gasteiger partial charge in [0.25, 0.3) is 6.43 Å². The first kappa shape index (κ1) is 13.2. The zero-order chi connectivity index (χ0) is 14.3. The number of carbonyl (C=O) groups excluding carboxylic acids is 1. The second kappa shape index (κ2) is 4.94. The number of thiazole rings is 1. The van der Waals surface area contributed by atoms with Crippen LogP contribution in [0.1, 0.15) is 23.9 Å². The van der Waals surface area contributed by atoms with Gasteiger partial charge in [-0.3, -0.25) is 4.79 Å². The van der Waals surface area contributed by atoms with Crippen LogP contribution in [0.3, 0.4) is 0 Å². The predicted molar refractivity (Wildman–Crippen MR) is 74.2 cm³/mol. The summed E-state index contributed by atoms with van der Waals surface area (Å²) in [6.45, 7) is 2.21. The molecule has 0 fully saturated rings. The minimum absolute atomic E-state index is 0.0187. The molecule has 20 heavy (non-hydrogen) atoms. The second-order valence-corrected chi connectivity index (χ2v) is 5.53. The molecule has 6 heteroatoms. The topological polar surface area (TPSA) is 33.2 Å². The molecule has 1 aliphatic rings. The molecule has 0 bridgehead atoms. The Bertz CT molecular complexity index is 669. The van der Waals surface area contributed by atoms with Crippen molar-refractivity contribution in [3.8, 4) is 11.3 Å². The van der Waals surface area contributed by atoms with Crippen LogP contribution >= 0.6 is 11.3 Å². The lowest BCUT2D eigenvalue weighted by Crippen LogP contribution is -2.25. The van der Waals surface area contributed by atoms with Crippen LogP contribution in [-0.2, 0) is 11.2 Å². The zero-order valence-electron chi connectivity index (χ0n) is 10.8. The molecular weight excluding hydrogens is 282 g/mol. The highest BCUT2D eigenvalue weighted by molar-refractivity contribution is 7.10. The van der Waals surface area contributed by atoms with Crippen molar-refractivity contribution in [1.82, 2.24) is 4.98 Å². The summed E-state index contributed by atoms with van der Waals surface area (Å²) in [5.74, 6) is 0.0187. The van der Waals surface area contributed by atoms with Gasteiger partial charge in [0.15, 0.2) is 5.01 Å². The standard InChI is InChI=1S/C14H12F2N2OS/c1-8(19)18-5-4-10-6-9(2-3-12(10)18)11-7-20-14(17-11)13(15)16/h2-3,6-7,13H,4-5H2,1H3. The molecule has 1 aliphatic heterocycles. The molecule has 0 N–H and O–H groups in total. The molecule has 0 saturated heterocycles. The lowest BCUT2D eigenvalue weighted by atomic mass is 10.1. The van der Waals surface area contributed by atoms with Crippen molar-refractivity contribution in [3.05, 3.63) is 34.2 Å². The molecule has 1 amide bonds. The van der Waals surface area contributed by atoms with E-state index in [1.165, 1.54) is 0 Å². The molecule has 0 aliphatic carbocycles. The Balaban J connectivity index is 1.95. The van der Waals surface area contributed by atoms with Crippen molar-refractivity contribution in [1.29, 1.82) is 0 Å². The van der Waals surface area contributed by atoms with Crippen molar-refractivity contribution in [2.24, 2.45) is 0 Å². The average Bonchev–Trinajstić information content (AvgIpc) is 3.04. The van der Waals surface area contributed by atoms with E-state index >= 15 is 0 Å². The summed E-state index contributed by atoms with van der Waals surface area (Å²) < 4.78 is 25.1. The van der Waals surface area contributed by atoms with E-state index < -0.39 is 6.43 Å². The highest BCUT2D eigenvalue weighted by atomic mass is 32.1. The highest BCUT2D eigenvalue weighted by Crippen LogP contribution is 2.34. The van der Waals surface area contributed by atoms with Gasteiger partial charge in [-0.1, -0.05) is 6.07 Å². The maximum atomic E-state index is 12.6. The van der Waals surface area contributed by atoms with E-state index in [9.17, 15) is 13.6 Å². The van der Waals surface area contributed by atoms with Crippen LogP contribution in [0, 0.1) is 0 Å². The molecule has 1 aromatic heterocycles. The van der Waals surface area contributed by atoms with E-state index in [1.807, 2.05) is 18.2 Å². The molecule has 3 rings (SSSR count). The smallest absolute Gasteiger partial charge is 0.289 e. The molecule has 104 valence electrons. The molecule has 0 radical (unpaired) electrons. The summed E-state index contributed by atoms with van der Waals surface area (Å²) >= 11 is 0.966. The first-order valence-electron chi connectivity index (χ1n) is 6.21. The van der Waals surface area contributed by atoms with Gasteiger partial charge in [0.1, 0.15) is 0 Å². The fourth-order valence-electron chi connectivity index (χ4n) is 2.41. The molecular formula is C14H12F2N2OS. The Morgan fingerprint density at radius 3 is 2.90 bits per heavy atom. The maximum Gasteiger partial charge on any atom is 0.289 e. The van der Waals surface area contributed by atoms with Crippen LogP contribution in [0.2, 0.25) is 0 Å². The van der Waals surface area contributed by atoms with Crippen LogP contribution in [0.15, 0.2) is 23.6 Å². The number of halogens is 2. The van der Waals surface area contributed by atoms with Crippen LogP contribution in [0.5, 0.6) is 0 Å². The largest absolute Gasteiger partial charge is 0.312 e. The third-order valence-electron chi connectivity index (χ3n) is 3.36. The summed E-state index contributed by atoms with van der Waals surface area (Å²) in [7, 11) is 0. The van der Waals surface area contributed by atoms with Crippen molar-refractivity contribution < 1.29 is 13.6 Å². The number of benzene rings is 1. The lowest BCUT2D eigenvalue weighted by Gasteiger charge is -2.14. The van der Waals surface area contributed by atoms with Crippen LogP contribution in [0.25, 0.3) is 11.3 Å². The summed E-state index contributed by atoms with van der Waals surface area (Å²) in [4.78, 5) is 17.1. The normalized spacial score (nSPS) is 13.9. The summed E-state index contributed by atoms with van der Waals surface area (Å²) in [6, 6.07) is 5.62. The molecule has 2 heterocycles. The zero-order valence-corrected chi connectivity index (χ0v) is 11.6. The van der Waals surface area contributed by atoms with Crippen molar-refractivity contribution in [2.45, 2.75) is 19.8 Å². The van der Waals surface area contributed by atoms with Gasteiger partial charge in [0, 0.05) is 30.1 Å². The number of rotatable bonds is 2. The minimum Gasteiger partial charge on any atom is -0.312 e. The number of anilines is 1. The van der Waals surface area contributed by atoms with Gasteiger partial charge >= 0.3 is 0 Å². The number of amides is 1. The van der Waals surface area contributed by atoms with Gasteiger partial charge in [-0.15, -0.1) is 11.3 Å². The number of fused-ring (bicyclic) bond motifs is 1. The molecule has 0 spiro atoms. The molecule has 0 unspecified atom stereocenters. The van der Waals surface area contributed by atoms with Crippen LogP contribution in [0.4, 0.5) is 14.5 Å². The van der Waals surface area contributed by atoms with Gasteiger partial charge in [0.2, 0.25) is 5.91 Å². The monoisotopic (exact) mass is 294 g/mol. The molecule has 1 aromatic carbocycles. The number of alkyl halides is 2. The van der Waals surface area contributed by atoms with E-state index in [0.717, 1.165) is 34.6 Å². The summed E-state index contributed by atoms with van der Waals surface area (Å²) in [5, 5.41) is 1.48. The summed E-state index contributed by atoms with van der Waals surface area (Å²) in [6.07, 6.45) is -1.74. The van der Waals surface area contributed by atoms with Crippen molar-refractivity contribution >= 4 is 22.9 Å². The van der Waals surface area contributed by atoms with Gasteiger partial charge in [-0.05, 0) is 24.1 Å². The number of nitrogens with zero attached hydrogens (tertiary/aromatic N) is 2. The van der Waals surface area contributed by atoms with E-state index in [1.54, 1.807) is 17.2 Å². The van der Waals surface area contributed by atoms with E-state index in [0.29, 0.717) is 12.2 Å². The summed E-state index contributed by atoms with van der Waals surface area (Å²) in [5.41, 5.74) is 3.35. The van der Waals surface area contributed by atoms with Crippen molar-refractivity contribution in [3.63, 3.8) is 0 Å². The van der Waals surface area contributed by atoms with Gasteiger partial charge < -0.3 is 4.90 Å². The Hall–Kier alpha value is -1.82. The number of hydrogen-bond acceptors (Lipinski definition) is 3. The van der Waals surface area contributed by atoms with E-state index in [2.05, 4.69) is 4.98 Å². The molecule has 0 saturated carbocycles. The van der Waals surface area contributed by atoms with Gasteiger partial charge in [-0.25, -0.2) is 13.8 Å². The first-order chi connectivity index (χ1) is 9.56. The molecule has 3 nitrogen and oxygen atoms in total. The fourth-order valence-corrected chi connectivity index (χ4v) is 3.08. The van der Waals surface area contributed by atoms with Crippen molar-refractivity contribution in [2.75, 3.05) is 11.4 Å². The first-order valence-corrected chi connectivity index (χ1v) is 7.09. The molecule has 2 aromatic rings. The fraction of sp³-hybridized carbons (Fsp3) is 0.286. The third-order valence-corrected chi connectivity index (χ3v) is 4.21. The Morgan fingerprint density at radius 1 is 1.45 bits per heavy atom. The van der Waals surface area contributed by atoms with E-state index in [-0.39, 0.29) is 10.9 Å². The minimum atomic E-state index is -2.53. The molecule has 0 atom stereocenters. The maximum absolute atomic E-state index is 12.6. The third kappa shape index (κ3) is 2.20. The SMILES string of the molecule is CC(=O)N1CCc2cc(-c3csc(C(F)F)n3)ccc21. The van der Waals surface area contributed by atoms with Gasteiger partial charge in [-0.2, -0.15) is 0 Å². The van der Waals surface area contributed by atoms with Gasteiger partial charge in [0.05, 0.1) is 5.69 Å². The second-order valence-electron chi connectivity index (χ2n) is 4.64. The average molecular weight is 294 g/mol. The Kier molecular flexibility index (Phi) is 3.25. The van der Waals surface area contributed by atoms with Crippen LogP contribution < -0.4 is 4.90 Å². The Labute approximate surface area is 118 Å².